The SMILES string of the molecule is CN(C)S(=O)(=O)c1ccc(C(=O)N2CCC(c3nc4ccc(F)cc4[nH]3)CC2)cc1. The van der Waals surface area contributed by atoms with E-state index < -0.39 is 10.0 Å². The summed E-state index contributed by atoms with van der Waals surface area (Å²) < 4.78 is 38.9. The number of hydrogen-bond donors (Lipinski definition) is 1. The van der Waals surface area contributed by atoms with Crippen LogP contribution in [0, 0.1) is 5.82 Å². The third kappa shape index (κ3) is 3.82. The molecule has 0 spiro atoms. The molecule has 3 aromatic rings. The van der Waals surface area contributed by atoms with Gasteiger partial charge in [-0.2, -0.15) is 0 Å². The van der Waals surface area contributed by atoms with E-state index in [1.54, 1.807) is 23.1 Å². The summed E-state index contributed by atoms with van der Waals surface area (Å²) >= 11 is 0. The van der Waals surface area contributed by atoms with Gasteiger partial charge < -0.3 is 9.88 Å². The standard InChI is InChI=1S/C21H23FN4O3S/c1-25(2)30(28,29)17-6-3-15(4-7-17)21(27)26-11-9-14(10-12-26)20-23-18-8-5-16(22)13-19(18)24-20/h3-8,13-14H,9-12H2,1-2H3,(H,23,24). The van der Waals surface area contributed by atoms with E-state index >= 15 is 0 Å². The van der Waals surface area contributed by atoms with Gasteiger partial charge in [-0.1, -0.05) is 0 Å². The maximum Gasteiger partial charge on any atom is 0.253 e. The Labute approximate surface area is 174 Å². The van der Waals surface area contributed by atoms with Gasteiger partial charge in [0.2, 0.25) is 10.0 Å². The molecule has 30 heavy (non-hydrogen) atoms. The summed E-state index contributed by atoms with van der Waals surface area (Å²) in [5.74, 6) is 0.578. The Hall–Kier alpha value is -2.78. The lowest BCUT2D eigenvalue weighted by atomic mass is 9.95. The molecule has 0 atom stereocenters. The number of carbonyl (C=O) groups is 1. The number of amides is 1. The lowest BCUT2D eigenvalue weighted by molar-refractivity contribution is 0.0711. The Morgan fingerprint density at radius 1 is 1.13 bits per heavy atom. The number of likely N-dealkylation sites (tertiary alicyclic amines) is 1. The molecule has 1 aromatic heterocycles. The van der Waals surface area contributed by atoms with Crippen LogP contribution < -0.4 is 0 Å². The number of aromatic amines is 1. The maximum atomic E-state index is 13.4. The molecule has 0 aliphatic carbocycles. The number of imidazole rings is 1. The van der Waals surface area contributed by atoms with Gasteiger partial charge in [0.05, 0.1) is 15.9 Å². The second-order valence-corrected chi connectivity index (χ2v) is 9.81. The zero-order chi connectivity index (χ0) is 21.5. The van der Waals surface area contributed by atoms with Crippen LogP contribution in [0.3, 0.4) is 0 Å². The van der Waals surface area contributed by atoms with E-state index in [1.165, 1.54) is 38.4 Å². The molecule has 1 saturated heterocycles. The lowest BCUT2D eigenvalue weighted by Crippen LogP contribution is -2.38. The van der Waals surface area contributed by atoms with Crippen LogP contribution >= 0.6 is 0 Å². The van der Waals surface area contributed by atoms with Crippen molar-refractivity contribution >= 4 is 27.0 Å². The number of hydrogen-bond acceptors (Lipinski definition) is 4. The van der Waals surface area contributed by atoms with Crippen LogP contribution in [-0.2, 0) is 10.0 Å². The summed E-state index contributed by atoms with van der Waals surface area (Å²) in [5, 5.41) is 0. The van der Waals surface area contributed by atoms with Crippen LogP contribution in [0.2, 0.25) is 0 Å². The Kier molecular flexibility index (Phi) is 5.33. The molecule has 1 amide bonds. The summed E-state index contributed by atoms with van der Waals surface area (Å²) in [7, 11) is -0.583. The topological polar surface area (TPSA) is 86.4 Å². The number of halogens is 1. The number of carbonyl (C=O) groups excluding carboxylic acids is 1. The van der Waals surface area contributed by atoms with Crippen molar-refractivity contribution in [3.05, 3.63) is 59.7 Å². The minimum atomic E-state index is -3.52. The van der Waals surface area contributed by atoms with Gasteiger partial charge in [-0.15, -0.1) is 0 Å². The Bertz CT molecular complexity index is 1180. The highest BCUT2D eigenvalue weighted by Crippen LogP contribution is 2.28. The van der Waals surface area contributed by atoms with Crippen LogP contribution in [0.5, 0.6) is 0 Å². The fraction of sp³-hybridized carbons (Fsp3) is 0.333. The first-order valence-corrected chi connectivity index (χ1v) is 11.2. The van der Waals surface area contributed by atoms with Crippen molar-refractivity contribution in [3.8, 4) is 0 Å². The van der Waals surface area contributed by atoms with Crippen LogP contribution in [-0.4, -0.2) is 60.7 Å². The van der Waals surface area contributed by atoms with Crippen molar-refractivity contribution in [2.75, 3.05) is 27.2 Å². The number of rotatable bonds is 4. The van der Waals surface area contributed by atoms with Crippen LogP contribution in [0.4, 0.5) is 4.39 Å². The minimum Gasteiger partial charge on any atom is -0.342 e. The van der Waals surface area contributed by atoms with E-state index in [0.29, 0.717) is 24.2 Å². The Morgan fingerprint density at radius 3 is 2.43 bits per heavy atom. The van der Waals surface area contributed by atoms with Crippen LogP contribution in [0.1, 0.15) is 34.9 Å². The normalized spacial score (nSPS) is 15.8. The molecule has 0 bridgehead atoms. The largest absolute Gasteiger partial charge is 0.342 e. The quantitative estimate of drug-likeness (QED) is 0.690. The minimum absolute atomic E-state index is 0.117. The van der Waals surface area contributed by atoms with Crippen molar-refractivity contribution in [1.82, 2.24) is 19.2 Å². The third-order valence-electron chi connectivity index (χ3n) is 5.51. The maximum absolute atomic E-state index is 13.4. The van der Waals surface area contributed by atoms with Gasteiger partial charge in [0.1, 0.15) is 11.6 Å². The van der Waals surface area contributed by atoms with Gasteiger partial charge in [-0.3, -0.25) is 4.79 Å². The number of fused-ring (bicyclic) bond motifs is 1. The predicted octanol–water partition coefficient (Wildman–Crippen LogP) is 2.97. The van der Waals surface area contributed by atoms with E-state index in [2.05, 4.69) is 9.97 Å². The fourth-order valence-corrected chi connectivity index (χ4v) is 4.62. The van der Waals surface area contributed by atoms with E-state index in [1.807, 2.05) is 0 Å². The second kappa shape index (κ2) is 7.81. The van der Waals surface area contributed by atoms with E-state index in [9.17, 15) is 17.6 Å². The lowest BCUT2D eigenvalue weighted by Gasteiger charge is -2.31. The molecular weight excluding hydrogens is 407 g/mol. The van der Waals surface area contributed by atoms with Crippen molar-refractivity contribution in [3.63, 3.8) is 0 Å². The third-order valence-corrected chi connectivity index (χ3v) is 7.34. The predicted molar refractivity (Wildman–Crippen MR) is 111 cm³/mol. The molecule has 0 unspecified atom stereocenters. The molecule has 0 radical (unpaired) electrons. The van der Waals surface area contributed by atoms with Gasteiger partial charge in [0.25, 0.3) is 5.91 Å². The fourth-order valence-electron chi connectivity index (χ4n) is 3.71. The molecule has 1 N–H and O–H groups in total. The average molecular weight is 431 g/mol. The first kappa shape index (κ1) is 20.5. The Morgan fingerprint density at radius 2 is 1.80 bits per heavy atom. The molecule has 2 aromatic carbocycles. The molecule has 9 heteroatoms. The summed E-state index contributed by atoms with van der Waals surface area (Å²) in [4.78, 5) is 22.5. The van der Waals surface area contributed by atoms with Gasteiger partial charge in [-0.05, 0) is 55.3 Å². The average Bonchev–Trinajstić information content (AvgIpc) is 3.16. The van der Waals surface area contributed by atoms with E-state index in [-0.39, 0.29) is 22.5 Å². The number of piperidine rings is 1. The summed E-state index contributed by atoms with van der Waals surface area (Å²) in [6.07, 6.45) is 1.50. The van der Waals surface area contributed by atoms with E-state index in [4.69, 9.17) is 0 Å². The summed E-state index contributed by atoms with van der Waals surface area (Å²) in [5.41, 5.74) is 1.87. The summed E-state index contributed by atoms with van der Waals surface area (Å²) in [6.45, 7) is 1.15. The molecule has 2 heterocycles. The summed E-state index contributed by atoms with van der Waals surface area (Å²) in [6, 6.07) is 10.5. The van der Waals surface area contributed by atoms with Gasteiger partial charge in [0, 0.05) is 38.7 Å². The number of H-pyrrole nitrogens is 1. The zero-order valence-electron chi connectivity index (χ0n) is 16.8. The van der Waals surface area contributed by atoms with Gasteiger partial charge >= 0.3 is 0 Å². The monoisotopic (exact) mass is 430 g/mol. The molecule has 1 fully saturated rings. The molecule has 4 rings (SSSR count). The number of aromatic nitrogens is 2. The first-order valence-electron chi connectivity index (χ1n) is 9.73. The van der Waals surface area contributed by atoms with Gasteiger partial charge in [0.15, 0.2) is 0 Å². The van der Waals surface area contributed by atoms with Crippen LogP contribution in [0.15, 0.2) is 47.4 Å². The highest BCUT2D eigenvalue weighted by Gasteiger charge is 2.27. The molecule has 158 valence electrons. The van der Waals surface area contributed by atoms with E-state index in [0.717, 1.165) is 28.5 Å². The van der Waals surface area contributed by atoms with Gasteiger partial charge in [-0.25, -0.2) is 22.1 Å². The van der Waals surface area contributed by atoms with Crippen molar-refractivity contribution in [2.45, 2.75) is 23.7 Å². The molecule has 1 aliphatic heterocycles. The van der Waals surface area contributed by atoms with Crippen molar-refractivity contribution in [1.29, 1.82) is 0 Å². The highest BCUT2D eigenvalue weighted by molar-refractivity contribution is 7.89. The molecule has 0 saturated carbocycles. The molecular formula is C21H23FN4O3S. The number of nitrogens with zero attached hydrogens (tertiary/aromatic N) is 3. The number of nitrogens with one attached hydrogen (secondary N) is 1. The number of benzene rings is 2. The van der Waals surface area contributed by atoms with Crippen LogP contribution in [0.25, 0.3) is 11.0 Å². The van der Waals surface area contributed by atoms with Crippen molar-refractivity contribution < 1.29 is 17.6 Å². The van der Waals surface area contributed by atoms with Crippen molar-refractivity contribution in [2.24, 2.45) is 0 Å². The zero-order valence-corrected chi connectivity index (χ0v) is 17.6. The Balaban J connectivity index is 1.42. The molecule has 7 nitrogen and oxygen atoms in total. The highest BCUT2D eigenvalue weighted by atomic mass is 32.2. The smallest absolute Gasteiger partial charge is 0.253 e. The first-order chi connectivity index (χ1) is 14.3. The second-order valence-electron chi connectivity index (χ2n) is 7.66. The molecule has 1 aliphatic rings. The number of sulfonamides is 1.